The van der Waals surface area contributed by atoms with E-state index in [-0.39, 0.29) is 6.54 Å². The van der Waals surface area contributed by atoms with Gasteiger partial charge in [0.05, 0.1) is 0 Å². The van der Waals surface area contributed by atoms with Crippen molar-refractivity contribution in [3.05, 3.63) is 29.3 Å². The molecule has 1 aromatic carbocycles. The van der Waals surface area contributed by atoms with Crippen molar-refractivity contribution < 1.29 is 17.2 Å². The number of benzene rings is 1. The van der Waals surface area contributed by atoms with Gasteiger partial charge in [0.15, 0.2) is 11.6 Å². The molecule has 0 heterocycles. The minimum absolute atomic E-state index is 0.279. The third-order valence-electron chi connectivity index (χ3n) is 3.18. The zero-order valence-corrected chi connectivity index (χ0v) is 12.1. The summed E-state index contributed by atoms with van der Waals surface area (Å²) in [5.74, 6) is -2.15. The molecule has 1 aliphatic carbocycles. The minimum atomic E-state index is -4.01. The lowest BCUT2D eigenvalue weighted by Gasteiger charge is -2.10. The molecule has 0 atom stereocenters. The van der Waals surface area contributed by atoms with E-state index in [4.69, 9.17) is 0 Å². The van der Waals surface area contributed by atoms with E-state index in [0.717, 1.165) is 18.9 Å². The van der Waals surface area contributed by atoms with E-state index in [0.29, 0.717) is 24.6 Å². The molecule has 0 radical (unpaired) electrons. The molecule has 20 heavy (non-hydrogen) atoms. The van der Waals surface area contributed by atoms with Crippen molar-refractivity contribution in [1.29, 1.82) is 0 Å². The van der Waals surface area contributed by atoms with Gasteiger partial charge in [-0.2, -0.15) is 0 Å². The number of sulfonamides is 1. The van der Waals surface area contributed by atoms with Gasteiger partial charge >= 0.3 is 0 Å². The van der Waals surface area contributed by atoms with E-state index in [1.54, 1.807) is 0 Å². The van der Waals surface area contributed by atoms with Crippen LogP contribution in [-0.2, 0) is 16.6 Å². The largest absolute Gasteiger partial charge is 0.313 e. The first-order valence-corrected chi connectivity index (χ1v) is 8.10. The lowest BCUT2D eigenvalue weighted by Crippen LogP contribution is -2.27. The molecule has 0 aromatic heterocycles. The summed E-state index contributed by atoms with van der Waals surface area (Å²) in [4.78, 5) is -0.619. The van der Waals surface area contributed by atoms with Crippen molar-refractivity contribution >= 4 is 10.0 Å². The maximum absolute atomic E-state index is 13.7. The van der Waals surface area contributed by atoms with Gasteiger partial charge in [-0.05, 0) is 43.0 Å². The predicted octanol–water partition coefficient (Wildman–Crippen LogP) is 1.76. The highest BCUT2D eigenvalue weighted by Gasteiger charge is 2.27. The summed E-state index contributed by atoms with van der Waals surface area (Å²) >= 11 is 0. The van der Waals surface area contributed by atoms with E-state index in [9.17, 15) is 17.2 Å². The molecule has 7 heteroatoms. The number of nitrogens with one attached hydrogen (secondary N) is 2. The Labute approximate surface area is 117 Å². The molecule has 0 aliphatic heterocycles. The summed E-state index contributed by atoms with van der Waals surface area (Å²) in [5, 5.41) is 2.95. The van der Waals surface area contributed by atoms with Gasteiger partial charge in [-0.1, -0.05) is 6.92 Å². The van der Waals surface area contributed by atoms with Crippen LogP contribution in [-0.4, -0.2) is 21.5 Å². The normalized spacial score (nSPS) is 15.6. The monoisotopic (exact) mass is 304 g/mol. The maximum atomic E-state index is 13.7. The van der Waals surface area contributed by atoms with Crippen molar-refractivity contribution in [3.63, 3.8) is 0 Å². The molecule has 112 valence electrons. The minimum Gasteiger partial charge on any atom is -0.313 e. The second-order valence-electron chi connectivity index (χ2n) is 4.97. The molecule has 0 spiro atoms. The molecule has 1 aliphatic rings. The van der Waals surface area contributed by atoms with Crippen molar-refractivity contribution in [2.24, 2.45) is 5.92 Å². The summed E-state index contributed by atoms with van der Waals surface area (Å²) in [6.07, 6.45) is 1.94. The van der Waals surface area contributed by atoms with Crippen molar-refractivity contribution in [3.8, 4) is 0 Å². The van der Waals surface area contributed by atoms with Gasteiger partial charge in [-0.15, -0.1) is 0 Å². The topological polar surface area (TPSA) is 58.2 Å². The summed E-state index contributed by atoms with van der Waals surface area (Å²) in [6, 6.07) is 2.19. The van der Waals surface area contributed by atoms with Gasteiger partial charge in [0.2, 0.25) is 10.0 Å². The average Bonchev–Trinajstić information content (AvgIpc) is 3.21. The van der Waals surface area contributed by atoms with Crippen molar-refractivity contribution in [1.82, 2.24) is 10.0 Å². The zero-order valence-electron chi connectivity index (χ0n) is 11.2. The van der Waals surface area contributed by atoms with E-state index in [1.807, 2.05) is 6.92 Å². The molecule has 2 N–H and O–H groups in total. The highest BCUT2D eigenvalue weighted by molar-refractivity contribution is 7.89. The number of rotatable bonds is 7. The Bertz CT molecular complexity index is 586. The van der Waals surface area contributed by atoms with Crippen LogP contribution in [0.5, 0.6) is 0 Å². The standard InChI is InChI=1S/C13H18F2N2O2S/c1-2-16-7-10-5-11(14)13(15)12(6-10)20(18,19)17-8-9-3-4-9/h5-6,9,16-17H,2-4,7-8H2,1H3. The SMILES string of the molecule is CCNCc1cc(F)c(F)c(S(=O)(=O)NCC2CC2)c1. The van der Waals surface area contributed by atoms with E-state index in [1.165, 1.54) is 6.07 Å². The van der Waals surface area contributed by atoms with Crippen LogP contribution < -0.4 is 10.0 Å². The van der Waals surface area contributed by atoms with E-state index < -0.39 is 26.6 Å². The average molecular weight is 304 g/mol. The Morgan fingerprint density at radius 3 is 2.60 bits per heavy atom. The fourth-order valence-electron chi connectivity index (χ4n) is 1.81. The molecule has 2 rings (SSSR count). The fourth-order valence-corrected chi connectivity index (χ4v) is 3.06. The quantitative estimate of drug-likeness (QED) is 0.807. The van der Waals surface area contributed by atoms with Gasteiger partial charge in [-0.3, -0.25) is 0 Å². The molecule has 4 nitrogen and oxygen atoms in total. The van der Waals surface area contributed by atoms with Crippen LogP contribution >= 0.6 is 0 Å². The van der Waals surface area contributed by atoms with Crippen molar-refractivity contribution in [2.45, 2.75) is 31.2 Å². The number of hydrogen-bond acceptors (Lipinski definition) is 3. The summed E-state index contributed by atoms with van der Waals surface area (Å²) in [6.45, 7) is 3.09. The van der Waals surface area contributed by atoms with Gasteiger partial charge in [0.1, 0.15) is 4.90 Å². The molecular formula is C13H18F2N2O2S. The summed E-state index contributed by atoms with van der Waals surface area (Å²) < 4.78 is 53.6. The predicted molar refractivity (Wildman–Crippen MR) is 71.7 cm³/mol. The molecular weight excluding hydrogens is 286 g/mol. The lowest BCUT2D eigenvalue weighted by atomic mass is 10.2. The van der Waals surface area contributed by atoms with Gasteiger partial charge in [0.25, 0.3) is 0 Å². The molecule has 1 saturated carbocycles. The molecule has 0 saturated heterocycles. The fraction of sp³-hybridized carbons (Fsp3) is 0.538. The van der Waals surface area contributed by atoms with Crippen molar-refractivity contribution in [2.75, 3.05) is 13.1 Å². The van der Waals surface area contributed by atoms with Crippen LogP contribution in [0, 0.1) is 17.6 Å². The maximum Gasteiger partial charge on any atom is 0.243 e. The first-order chi connectivity index (χ1) is 9.44. The van der Waals surface area contributed by atoms with Crippen LogP contribution in [0.3, 0.4) is 0 Å². The number of halogens is 2. The third-order valence-corrected chi connectivity index (χ3v) is 4.61. The van der Waals surface area contributed by atoms with Crippen LogP contribution in [0.4, 0.5) is 8.78 Å². The van der Waals surface area contributed by atoms with Crippen LogP contribution in [0.25, 0.3) is 0 Å². The van der Waals surface area contributed by atoms with Gasteiger partial charge in [-0.25, -0.2) is 21.9 Å². The second-order valence-corrected chi connectivity index (χ2v) is 6.70. The van der Waals surface area contributed by atoms with Crippen LogP contribution in [0.1, 0.15) is 25.3 Å². The molecule has 0 bridgehead atoms. The van der Waals surface area contributed by atoms with Gasteiger partial charge in [0, 0.05) is 13.1 Å². The molecule has 0 amide bonds. The lowest BCUT2D eigenvalue weighted by molar-refractivity contribution is 0.480. The van der Waals surface area contributed by atoms with Crippen LogP contribution in [0.15, 0.2) is 17.0 Å². The van der Waals surface area contributed by atoms with Gasteiger partial charge < -0.3 is 5.32 Å². The highest BCUT2D eigenvalue weighted by Crippen LogP contribution is 2.28. The Balaban J connectivity index is 2.25. The smallest absolute Gasteiger partial charge is 0.243 e. The zero-order chi connectivity index (χ0) is 14.8. The first kappa shape index (κ1) is 15.3. The molecule has 1 fully saturated rings. The van der Waals surface area contributed by atoms with Crippen LogP contribution in [0.2, 0.25) is 0 Å². The van der Waals surface area contributed by atoms with E-state index >= 15 is 0 Å². The highest BCUT2D eigenvalue weighted by atomic mass is 32.2. The Kier molecular flexibility index (Phi) is 4.72. The summed E-state index contributed by atoms with van der Waals surface area (Å²) in [7, 11) is -4.01. The Morgan fingerprint density at radius 1 is 1.30 bits per heavy atom. The molecule has 0 unspecified atom stereocenters. The third kappa shape index (κ3) is 3.74. The Morgan fingerprint density at radius 2 is 2.00 bits per heavy atom. The first-order valence-electron chi connectivity index (χ1n) is 6.62. The Hall–Kier alpha value is -1.05. The summed E-state index contributed by atoms with van der Waals surface area (Å²) in [5.41, 5.74) is 0.401. The molecule has 1 aromatic rings. The number of hydrogen-bond donors (Lipinski definition) is 2. The second kappa shape index (κ2) is 6.15. The van der Waals surface area contributed by atoms with E-state index in [2.05, 4.69) is 10.0 Å².